The minimum atomic E-state index is -1.07. The van der Waals surface area contributed by atoms with Crippen molar-refractivity contribution in [3.05, 3.63) is 29.3 Å². The molecule has 0 saturated heterocycles. The van der Waals surface area contributed by atoms with Crippen molar-refractivity contribution >= 4 is 17.7 Å². The third kappa shape index (κ3) is 3.95. The summed E-state index contributed by atoms with van der Waals surface area (Å²) in [5.74, 6) is -1.07. The lowest BCUT2D eigenvalue weighted by Crippen LogP contribution is -2.41. The number of anilines is 1. The summed E-state index contributed by atoms with van der Waals surface area (Å²) in [6, 6.07) is 4.57. The molecule has 1 fully saturated rings. The summed E-state index contributed by atoms with van der Waals surface area (Å²) in [7, 11) is 0. The number of rotatable bonds is 3. The molecule has 0 spiro atoms. The van der Waals surface area contributed by atoms with Crippen LogP contribution in [-0.4, -0.2) is 34.4 Å². The average Bonchev–Trinajstić information content (AvgIpc) is 2.41. The maximum Gasteiger partial charge on any atom is 0.338 e. The number of urea groups is 1. The van der Waals surface area contributed by atoms with Crippen LogP contribution in [0.3, 0.4) is 0 Å². The highest BCUT2D eigenvalue weighted by atomic mass is 16.4. The van der Waals surface area contributed by atoms with Crippen LogP contribution in [0.4, 0.5) is 10.5 Å². The molecular formula is C15H20N2O4. The molecule has 1 aromatic carbocycles. The van der Waals surface area contributed by atoms with Crippen LogP contribution in [0.15, 0.2) is 18.2 Å². The molecule has 1 aliphatic carbocycles. The lowest BCUT2D eigenvalue weighted by atomic mass is 9.93. The van der Waals surface area contributed by atoms with Crippen molar-refractivity contribution in [1.82, 2.24) is 5.32 Å². The average molecular weight is 292 g/mol. The molecule has 0 radical (unpaired) electrons. The molecule has 0 aromatic heterocycles. The predicted octanol–water partition coefficient (Wildman–Crippen LogP) is 2.12. The van der Waals surface area contributed by atoms with E-state index in [1.807, 2.05) is 0 Å². The molecule has 0 bridgehead atoms. The third-order valence-electron chi connectivity index (χ3n) is 3.77. The van der Waals surface area contributed by atoms with Gasteiger partial charge in [-0.25, -0.2) is 9.59 Å². The van der Waals surface area contributed by atoms with E-state index in [-0.39, 0.29) is 23.4 Å². The van der Waals surface area contributed by atoms with Gasteiger partial charge in [0, 0.05) is 6.04 Å². The molecule has 6 nitrogen and oxygen atoms in total. The van der Waals surface area contributed by atoms with E-state index in [0.717, 1.165) is 12.8 Å². The van der Waals surface area contributed by atoms with Crippen molar-refractivity contribution in [1.29, 1.82) is 0 Å². The molecule has 0 unspecified atom stereocenters. The Kier molecular flexibility index (Phi) is 4.80. The van der Waals surface area contributed by atoms with Gasteiger partial charge in [-0.2, -0.15) is 0 Å². The van der Waals surface area contributed by atoms with Crippen molar-refractivity contribution in [3.8, 4) is 0 Å². The zero-order valence-corrected chi connectivity index (χ0v) is 11.9. The Morgan fingerprint density at radius 1 is 1.19 bits per heavy atom. The Hall–Kier alpha value is -2.08. The van der Waals surface area contributed by atoms with Crippen LogP contribution in [0.25, 0.3) is 0 Å². The van der Waals surface area contributed by atoms with Gasteiger partial charge in [0.25, 0.3) is 0 Å². The van der Waals surface area contributed by atoms with Gasteiger partial charge in [0.2, 0.25) is 0 Å². The predicted molar refractivity (Wildman–Crippen MR) is 78.6 cm³/mol. The first-order valence-corrected chi connectivity index (χ1v) is 7.06. The second-order valence-electron chi connectivity index (χ2n) is 5.41. The number of carboxylic acids is 1. The molecule has 4 N–H and O–H groups in total. The van der Waals surface area contributed by atoms with Gasteiger partial charge >= 0.3 is 12.0 Å². The molecule has 2 rings (SSSR count). The third-order valence-corrected chi connectivity index (χ3v) is 3.77. The van der Waals surface area contributed by atoms with Crippen molar-refractivity contribution in [3.63, 3.8) is 0 Å². The summed E-state index contributed by atoms with van der Waals surface area (Å²) < 4.78 is 0. The number of benzene rings is 1. The van der Waals surface area contributed by atoms with E-state index in [0.29, 0.717) is 18.4 Å². The zero-order valence-electron chi connectivity index (χ0n) is 11.9. The summed E-state index contributed by atoms with van der Waals surface area (Å²) in [5, 5.41) is 24.1. The highest BCUT2D eigenvalue weighted by Crippen LogP contribution is 2.21. The van der Waals surface area contributed by atoms with E-state index in [1.165, 1.54) is 0 Å². The minimum absolute atomic E-state index is 0.0199. The fourth-order valence-corrected chi connectivity index (χ4v) is 2.62. The van der Waals surface area contributed by atoms with E-state index in [1.54, 1.807) is 25.1 Å². The van der Waals surface area contributed by atoms with Crippen molar-refractivity contribution in [2.45, 2.75) is 44.8 Å². The summed E-state index contributed by atoms with van der Waals surface area (Å²) in [5.41, 5.74) is 0.989. The van der Waals surface area contributed by atoms with E-state index in [4.69, 9.17) is 0 Å². The van der Waals surface area contributed by atoms with Gasteiger partial charge in [0.05, 0.1) is 17.4 Å². The molecule has 21 heavy (non-hydrogen) atoms. The van der Waals surface area contributed by atoms with Gasteiger partial charge in [-0.05, 0) is 44.2 Å². The first-order valence-electron chi connectivity index (χ1n) is 7.06. The number of aliphatic hydroxyl groups is 1. The maximum atomic E-state index is 12.0. The summed E-state index contributed by atoms with van der Waals surface area (Å²) in [6.07, 6.45) is 2.54. The fraction of sp³-hybridized carbons (Fsp3) is 0.467. The van der Waals surface area contributed by atoms with Crippen molar-refractivity contribution < 1.29 is 19.8 Å². The molecular weight excluding hydrogens is 272 g/mol. The summed E-state index contributed by atoms with van der Waals surface area (Å²) in [4.78, 5) is 23.2. The number of carbonyl (C=O) groups is 2. The topological polar surface area (TPSA) is 98.7 Å². The smallest absolute Gasteiger partial charge is 0.338 e. The normalized spacial score (nSPS) is 21.6. The van der Waals surface area contributed by atoms with Crippen LogP contribution in [-0.2, 0) is 0 Å². The largest absolute Gasteiger partial charge is 0.478 e. The van der Waals surface area contributed by atoms with E-state index in [2.05, 4.69) is 10.6 Å². The number of hydrogen-bond acceptors (Lipinski definition) is 3. The van der Waals surface area contributed by atoms with Crippen LogP contribution in [0.2, 0.25) is 0 Å². The Morgan fingerprint density at radius 2 is 1.86 bits per heavy atom. The monoisotopic (exact) mass is 292 g/mol. The summed E-state index contributed by atoms with van der Waals surface area (Å²) in [6.45, 7) is 1.69. The van der Waals surface area contributed by atoms with Crippen LogP contribution in [0.5, 0.6) is 0 Å². The Labute approximate surface area is 123 Å². The SMILES string of the molecule is Cc1cccc(NC(=O)NC2CCC(O)CC2)c1C(=O)O. The lowest BCUT2D eigenvalue weighted by Gasteiger charge is -2.26. The Bertz CT molecular complexity index is 536. The van der Waals surface area contributed by atoms with E-state index < -0.39 is 12.0 Å². The standard InChI is InChI=1S/C15H20N2O4/c1-9-3-2-4-12(13(9)14(19)20)17-15(21)16-10-5-7-11(18)8-6-10/h2-4,10-11,18H,5-8H2,1H3,(H,19,20)(H2,16,17,21). The van der Waals surface area contributed by atoms with Gasteiger partial charge in [0.1, 0.15) is 0 Å². The van der Waals surface area contributed by atoms with E-state index in [9.17, 15) is 19.8 Å². The maximum absolute atomic E-state index is 12.0. The molecule has 1 saturated carbocycles. The first-order chi connectivity index (χ1) is 9.97. The quantitative estimate of drug-likeness (QED) is 0.685. The molecule has 6 heteroatoms. The second kappa shape index (κ2) is 6.58. The molecule has 1 aromatic rings. The number of aromatic carboxylic acids is 1. The Morgan fingerprint density at radius 3 is 2.48 bits per heavy atom. The van der Waals surface area contributed by atoms with Gasteiger partial charge < -0.3 is 20.8 Å². The van der Waals surface area contributed by atoms with Crippen LogP contribution >= 0.6 is 0 Å². The number of amides is 2. The van der Waals surface area contributed by atoms with Crippen molar-refractivity contribution in [2.75, 3.05) is 5.32 Å². The van der Waals surface area contributed by atoms with Crippen molar-refractivity contribution in [2.24, 2.45) is 0 Å². The Balaban J connectivity index is 2.00. The van der Waals surface area contributed by atoms with Gasteiger partial charge in [-0.3, -0.25) is 0 Å². The minimum Gasteiger partial charge on any atom is -0.478 e. The zero-order chi connectivity index (χ0) is 15.4. The molecule has 114 valence electrons. The van der Waals surface area contributed by atoms with Gasteiger partial charge in [0.15, 0.2) is 0 Å². The van der Waals surface area contributed by atoms with Gasteiger partial charge in [-0.1, -0.05) is 12.1 Å². The number of carbonyl (C=O) groups excluding carboxylic acids is 1. The van der Waals surface area contributed by atoms with Crippen LogP contribution in [0, 0.1) is 6.92 Å². The van der Waals surface area contributed by atoms with Crippen LogP contribution < -0.4 is 10.6 Å². The molecule has 1 aliphatic rings. The highest BCUT2D eigenvalue weighted by Gasteiger charge is 2.21. The first kappa shape index (κ1) is 15.3. The molecule has 2 amide bonds. The molecule has 0 atom stereocenters. The fourth-order valence-electron chi connectivity index (χ4n) is 2.62. The summed E-state index contributed by atoms with van der Waals surface area (Å²) >= 11 is 0. The number of hydrogen-bond donors (Lipinski definition) is 4. The second-order valence-corrected chi connectivity index (χ2v) is 5.41. The molecule has 0 aliphatic heterocycles. The van der Waals surface area contributed by atoms with E-state index >= 15 is 0 Å². The number of carboxylic acid groups (broad SMARTS) is 1. The number of aryl methyl sites for hydroxylation is 1. The number of aliphatic hydroxyl groups excluding tert-OH is 1. The molecule has 0 heterocycles. The highest BCUT2D eigenvalue weighted by molar-refractivity contribution is 6.01. The lowest BCUT2D eigenvalue weighted by molar-refractivity contribution is 0.0697. The van der Waals surface area contributed by atoms with Crippen LogP contribution in [0.1, 0.15) is 41.6 Å². The number of nitrogens with one attached hydrogen (secondary N) is 2. The van der Waals surface area contributed by atoms with Gasteiger partial charge in [-0.15, -0.1) is 0 Å².